The minimum atomic E-state index is 0.664. The lowest BCUT2D eigenvalue weighted by Gasteiger charge is -2.07. The molecule has 0 bridgehead atoms. The van der Waals surface area contributed by atoms with E-state index in [4.69, 9.17) is 0 Å². The lowest BCUT2D eigenvalue weighted by atomic mass is 10.5. The molecule has 0 atom stereocenters. The van der Waals surface area contributed by atoms with E-state index in [-0.39, 0.29) is 0 Å². The zero-order chi connectivity index (χ0) is 13.4. The minimum absolute atomic E-state index is 0.664. The molecule has 0 radical (unpaired) electrons. The second-order valence-electron chi connectivity index (χ2n) is 4.25. The number of nitrogens with zero attached hydrogens (tertiary/aromatic N) is 6. The van der Waals surface area contributed by atoms with Gasteiger partial charge >= 0.3 is 0 Å². The third-order valence-electron chi connectivity index (χ3n) is 2.99. The summed E-state index contributed by atoms with van der Waals surface area (Å²) in [6.45, 7) is 0. The average Bonchev–Trinajstić information content (AvgIpc) is 3.20. The van der Waals surface area contributed by atoms with E-state index in [9.17, 15) is 0 Å². The number of fused-ring (bicyclic) bond motifs is 1. The molecule has 0 spiro atoms. The molecule has 0 aliphatic rings. The largest absolute Gasteiger partial charge is 0.276 e. The topological polar surface area (TPSA) is 65.5 Å². The lowest BCUT2D eigenvalue weighted by molar-refractivity contribution is 0.678. The zero-order valence-corrected chi connectivity index (χ0v) is 10.5. The fourth-order valence-electron chi connectivity index (χ4n) is 2.07. The Morgan fingerprint density at radius 2 is 1.60 bits per heavy atom. The van der Waals surface area contributed by atoms with Gasteiger partial charge in [0.1, 0.15) is 12.7 Å². The van der Waals surface area contributed by atoms with Crippen molar-refractivity contribution in [2.75, 3.05) is 5.43 Å². The first-order valence-electron chi connectivity index (χ1n) is 6.13. The molecular formula is C13H11N7. The summed E-state index contributed by atoms with van der Waals surface area (Å²) in [5.41, 5.74) is 4.63. The van der Waals surface area contributed by atoms with Crippen LogP contribution < -0.4 is 5.43 Å². The van der Waals surface area contributed by atoms with Gasteiger partial charge in [0.15, 0.2) is 17.0 Å². The van der Waals surface area contributed by atoms with Gasteiger partial charge in [0.05, 0.1) is 0 Å². The molecule has 4 rings (SSSR count). The van der Waals surface area contributed by atoms with Crippen molar-refractivity contribution < 1.29 is 0 Å². The molecule has 98 valence electrons. The smallest absolute Gasteiger partial charge is 0.185 e. The van der Waals surface area contributed by atoms with E-state index in [0.29, 0.717) is 5.82 Å². The molecule has 0 saturated heterocycles. The highest BCUT2D eigenvalue weighted by Crippen LogP contribution is 2.17. The van der Waals surface area contributed by atoms with Gasteiger partial charge in [-0.05, 0) is 24.3 Å². The first kappa shape index (κ1) is 10.8. The molecule has 4 aromatic heterocycles. The van der Waals surface area contributed by atoms with Crippen molar-refractivity contribution in [3.63, 3.8) is 0 Å². The highest BCUT2D eigenvalue weighted by molar-refractivity contribution is 5.82. The maximum Gasteiger partial charge on any atom is 0.185 e. The van der Waals surface area contributed by atoms with Crippen molar-refractivity contribution in [3.05, 3.63) is 61.7 Å². The van der Waals surface area contributed by atoms with E-state index in [0.717, 1.165) is 11.2 Å². The Hall–Kier alpha value is -3.09. The van der Waals surface area contributed by atoms with Crippen molar-refractivity contribution in [3.8, 4) is 0 Å². The quantitative estimate of drug-likeness (QED) is 0.611. The van der Waals surface area contributed by atoms with Crippen molar-refractivity contribution in [1.29, 1.82) is 0 Å². The van der Waals surface area contributed by atoms with Gasteiger partial charge < -0.3 is 0 Å². The fraction of sp³-hybridized carbons (Fsp3) is 0. The van der Waals surface area contributed by atoms with Crippen LogP contribution in [0.15, 0.2) is 61.7 Å². The molecule has 4 aromatic rings. The lowest BCUT2D eigenvalue weighted by Crippen LogP contribution is -2.09. The molecular weight excluding hydrogens is 254 g/mol. The Kier molecular flexibility index (Phi) is 2.28. The number of anilines is 1. The van der Waals surface area contributed by atoms with Crippen LogP contribution in [0.4, 0.5) is 5.82 Å². The van der Waals surface area contributed by atoms with Gasteiger partial charge in [-0.15, -0.1) is 0 Å². The number of aromatic nitrogens is 6. The molecule has 1 N–H and O–H groups in total. The van der Waals surface area contributed by atoms with Crippen LogP contribution in [0, 0.1) is 0 Å². The monoisotopic (exact) mass is 265 g/mol. The van der Waals surface area contributed by atoms with Gasteiger partial charge in [-0.25, -0.2) is 19.6 Å². The Morgan fingerprint density at radius 1 is 0.850 bits per heavy atom. The molecule has 0 aliphatic heterocycles. The van der Waals surface area contributed by atoms with Crippen LogP contribution in [0.25, 0.3) is 11.2 Å². The summed E-state index contributed by atoms with van der Waals surface area (Å²) in [4.78, 5) is 13.0. The molecule has 0 fully saturated rings. The van der Waals surface area contributed by atoms with Gasteiger partial charge in [-0.1, -0.05) is 0 Å². The number of hydrogen-bond acceptors (Lipinski definition) is 4. The normalized spacial score (nSPS) is 11.0. The third-order valence-corrected chi connectivity index (χ3v) is 2.99. The van der Waals surface area contributed by atoms with Gasteiger partial charge in [-0.2, -0.15) is 0 Å². The molecule has 0 saturated carbocycles. The van der Waals surface area contributed by atoms with E-state index in [1.54, 1.807) is 6.33 Å². The van der Waals surface area contributed by atoms with Gasteiger partial charge in [-0.3, -0.25) is 14.8 Å². The summed E-state index contributed by atoms with van der Waals surface area (Å²) in [5.74, 6) is 0.664. The molecule has 20 heavy (non-hydrogen) atoms. The second-order valence-corrected chi connectivity index (χ2v) is 4.25. The van der Waals surface area contributed by atoms with Crippen LogP contribution in [0.3, 0.4) is 0 Å². The van der Waals surface area contributed by atoms with E-state index >= 15 is 0 Å². The van der Waals surface area contributed by atoms with E-state index < -0.39 is 0 Å². The van der Waals surface area contributed by atoms with E-state index in [2.05, 4.69) is 20.4 Å². The highest BCUT2D eigenvalue weighted by Gasteiger charge is 2.10. The summed E-state index contributed by atoms with van der Waals surface area (Å²) in [6.07, 6.45) is 10.9. The van der Waals surface area contributed by atoms with Crippen LogP contribution in [0.5, 0.6) is 0 Å². The van der Waals surface area contributed by atoms with Gasteiger partial charge in [0.2, 0.25) is 0 Å². The molecule has 0 aliphatic carbocycles. The van der Waals surface area contributed by atoms with E-state index in [1.165, 1.54) is 6.33 Å². The SMILES string of the molecule is c1ccn(Nc2ncnc3c2ncn3-n2cccc2)c1. The third kappa shape index (κ3) is 1.64. The first-order valence-corrected chi connectivity index (χ1v) is 6.13. The summed E-state index contributed by atoms with van der Waals surface area (Å²) in [7, 11) is 0. The maximum absolute atomic E-state index is 4.40. The number of rotatable bonds is 3. The van der Waals surface area contributed by atoms with E-state index in [1.807, 2.05) is 63.1 Å². The first-order chi connectivity index (χ1) is 9.92. The zero-order valence-electron chi connectivity index (χ0n) is 10.5. The number of nitrogens with one attached hydrogen (secondary N) is 1. The van der Waals surface area contributed by atoms with Crippen molar-refractivity contribution in [2.24, 2.45) is 0 Å². The predicted octanol–water partition coefficient (Wildman–Crippen LogP) is 1.62. The molecule has 0 amide bonds. The second kappa shape index (κ2) is 4.23. The Morgan fingerprint density at radius 3 is 2.40 bits per heavy atom. The highest BCUT2D eigenvalue weighted by atomic mass is 15.5. The average molecular weight is 265 g/mol. The van der Waals surface area contributed by atoms with Crippen LogP contribution in [-0.2, 0) is 0 Å². The number of imidazole rings is 1. The predicted molar refractivity (Wildman–Crippen MR) is 74.0 cm³/mol. The minimum Gasteiger partial charge on any atom is -0.276 e. The summed E-state index contributed by atoms with van der Waals surface area (Å²) in [5, 5.41) is 0. The van der Waals surface area contributed by atoms with Crippen molar-refractivity contribution in [2.45, 2.75) is 0 Å². The Bertz CT molecular complexity index is 827. The Balaban J connectivity index is 1.84. The summed E-state index contributed by atoms with van der Waals surface area (Å²) >= 11 is 0. The summed E-state index contributed by atoms with van der Waals surface area (Å²) < 4.78 is 5.58. The molecule has 4 heterocycles. The summed E-state index contributed by atoms with van der Waals surface area (Å²) in [6, 6.07) is 7.77. The standard InChI is InChI=1S/C13H11N7/c1-2-6-18(5-1)17-12-11-13(15-9-14-12)20(10-16-11)19-7-3-4-8-19/h1-10H,(H,14,15,17). The van der Waals surface area contributed by atoms with Crippen LogP contribution in [0.2, 0.25) is 0 Å². The Labute approximate surface area is 114 Å². The maximum atomic E-state index is 4.40. The van der Waals surface area contributed by atoms with Crippen molar-refractivity contribution >= 4 is 17.0 Å². The fourth-order valence-corrected chi connectivity index (χ4v) is 2.07. The van der Waals surface area contributed by atoms with Gasteiger partial charge in [0.25, 0.3) is 0 Å². The van der Waals surface area contributed by atoms with Crippen molar-refractivity contribution in [1.82, 2.24) is 29.0 Å². The molecule has 7 heteroatoms. The van der Waals surface area contributed by atoms with Crippen LogP contribution in [-0.4, -0.2) is 29.0 Å². The van der Waals surface area contributed by atoms with Gasteiger partial charge in [0, 0.05) is 24.8 Å². The number of hydrogen-bond donors (Lipinski definition) is 1. The molecule has 0 unspecified atom stereocenters. The molecule has 0 aromatic carbocycles. The van der Waals surface area contributed by atoms with Crippen LogP contribution in [0.1, 0.15) is 0 Å². The van der Waals surface area contributed by atoms with Crippen LogP contribution >= 0.6 is 0 Å². The molecule has 7 nitrogen and oxygen atoms in total.